The van der Waals surface area contributed by atoms with Crippen LogP contribution in [-0.2, 0) is 17.7 Å². The Labute approximate surface area is 161 Å². The second-order valence-corrected chi connectivity index (χ2v) is 7.42. The Balaban J connectivity index is 1.52. The van der Waals surface area contributed by atoms with Gasteiger partial charge in [-0.2, -0.15) is 4.98 Å². The van der Waals surface area contributed by atoms with Crippen LogP contribution in [0, 0.1) is 0 Å². The molecule has 8 nitrogen and oxygen atoms in total. The van der Waals surface area contributed by atoms with Crippen LogP contribution in [0.4, 0.5) is 0 Å². The summed E-state index contributed by atoms with van der Waals surface area (Å²) in [7, 11) is 0. The van der Waals surface area contributed by atoms with E-state index in [4.69, 9.17) is 14.2 Å². The minimum absolute atomic E-state index is 0.0447. The number of morpholine rings is 1. The van der Waals surface area contributed by atoms with E-state index >= 15 is 0 Å². The molecule has 3 aromatic rings. The van der Waals surface area contributed by atoms with Gasteiger partial charge in [0.1, 0.15) is 5.82 Å². The van der Waals surface area contributed by atoms with Crippen molar-refractivity contribution in [1.82, 2.24) is 25.0 Å². The van der Waals surface area contributed by atoms with Gasteiger partial charge in [0.25, 0.3) is 11.4 Å². The first-order chi connectivity index (χ1) is 13.8. The van der Waals surface area contributed by atoms with Gasteiger partial charge in [-0.1, -0.05) is 18.0 Å². The molecule has 1 aromatic carbocycles. The predicted molar refractivity (Wildman–Crippen MR) is 103 cm³/mol. The second-order valence-electron chi connectivity index (χ2n) is 7.42. The third-order valence-electron chi connectivity index (χ3n) is 5.49. The van der Waals surface area contributed by atoms with Gasteiger partial charge in [-0.25, -0.2) is 4.98 Å². The Hall–Kier alpha value is -2.58. The highest BCUT2D eigenvalue weighted by Crippen LogP contribution is 2.24. The lowest BCUT2D eigenvalue weighted by molar-refractivity contribution is 0.0734. The number of benzene rings is 1. The average molecular weight is 381 g/mol. The zero-order valence-corrected chi connectivity index (χ0v) is 15.7. The molecule has 1 N–H and O–H groups in total. The summed E-state index contributed by atoms with van der Waals surface area (Å²) < 4.78 is 12.8. The molecule has 5 rings (SSSR count). The van der Waals surface area contributed by atoms with Crippen LogP contribution in [0.15, 0.2) is 27.5 Å². The summed E-state index contributed by atoms with van der Waals surface area (Å²) in [6, 6.07) is 5.48. The van der Waals surface area contributed by atoms with Crippen molar-refractivity contribution in [3.8, 4) is 11.5 Å². The van der Waals surface area contributed by atoms with Crippen molar-refractivity contribution < 1.29 is 9.26 Å². The zero-order valence-electron chi connectivity index (χ0n) is 15.7. The fourth-order valence-electron chi connectivity index (χ4n) is 3.95. The van der Waals surface area contributed by atoms with Crippen LogP contribution in [0.3, 0.4) is 0 Å². The third kappa shape index (κ3) is 3.22. The van der Waals surface area contributed by atoms with Crippen molar-refractivity contribution in [3.05, 3.63) is 40.2 Å². The summed E-state index contributed by atoms with van der Waals surface area (Å²) in [5.41, 5.74) is 1.50. The Bertz CT molecular complexity index is 1050. The van der Waals surface area contributed by atoms with Gasteiger partial charge in [0.2, 0.25) is 0 Å². The van der Waals surface area contributed by atoms with E-state index in [0.717, 1.165) is 43.7 Å². The van der Waals surface area contributed by atoms with Gasteiger partial charge < -0.3 is 14.6 Å². The lowest BCUT2D eigenvalue weighted by Crippen LogP contribution is -2.35. The zero-order chi connectivity index (χ0) is 18.9. The van der Waals surface area contributed by atoms with Crippen molar-refractivity contribution in [3.63, 3.8) is 0 Å². The molecule has 0 bridgehead atoms. The van der Waals surface area contributed by atoms with Crippen molar-refractivity contribution >= 4 is 10.9 Å². The van der Waals surface area contributed by atoms with E-state index in [0.29, 0.717) is 35.8 Å². The maximum absolute atomic E-state index is 12.9. The van der Waals surface area contributed by atoms with Crippen LogP contribution in [0.1, 0.15) is 43.4 Å². The van der Waals surface area contributed by atoms with Crippen LogP contribution in [0.25, 0.3) is 22.4 Å². The molecule has 8 heteroatoms. The topological polar surface area (TPSA) is 95.1 Å². The smallest absolute Gasteiger partial charge is 0.261 e. The minimum atomic E-state index is -0.0609. The molecule has 2 aliphatic heterocycles. The van der Waals surface area contributed by atoms with Gasteiger partial charge in [0, 0.05) is 25.1 Å². The SMILES string of the molecule is O=c1c2ccc(-c3nc([C@@H]4COCCN4)no3)cc2nc2n1CCCCCC2. The van der Waals surface area contributed by atoms with Crippen LogP contribution in [0.2, 0.25) is 0 Å². The largest absolute Gasteiger partial charge is 0.378 e. The molecule has 1 saturated heterocycles. The van der Waals surface area contributed by atoms with Crippen LogP contribution in [-0.4, -0.2) is 39.5 Å². The highest BCUT2D eigenvalue weighted by atomic mass is 16.5. The number of aryl methyl sites for hydroxylation is 1. The molecule has 0 unspecified atom stereocenters. The molecule has 0 amide bonds. The predicted octanol–water partition coefficient (Wildman–Crippen LogP) is 2.22. The van der Waals surface area contributed by atoms with Gasteiger partial charge in [0.05, 0.1) is 30.2 Å². The number of rotatable bonds is 2. The molecule has 0 saturated carbocycles. The molecule has 146 valence electrons. The third-order valence-corrected chi connectivity index (χ3v) is 5.49. The maximum atomic E-state index is 12.9. The fraction of sp³-hybridized carbons (Fsp3) is 0.500. The van der Waals surface area contributed by atoms with Crippen molar-refractivity contribution in [2.24, 2.45) is 0 Å². The molecule has 28 heavy (non-hydrogen) atoms. The lowest BCUT2D eigenvalue weighted by Gasteiger charge is -2.20. The van der Waals surface area contributed by atoms with E-state index in [9.17, 15) is 4.79 Å². The van der Waals surface area contributed by atoms with Gasteiger partial charge in [-0.3, -0.25) is 9.36 Å². The number of hydrogen-bond acceptors (Lipinski definition) is 7. The van der Waals surface area contributed by atoms with E-state index < -0.39 is 0 Å². The Morgan fingerprint density at radius 3 is 2.96 bits per heavy atom. The van der Waals surface area contributed by atoms with E-state index in [1.165, 1.54) is 12.8 Å². The van der Waals surface area contributed by atoms with E-state index in [1.54, 1.807) is 0 Å². The standard InChI is InChI=1S/C20H23N5O3/c26-20-14-7-6-13(19-23-18(24-28-19)16-12-27-10-8-21-16)11-15(14)22-17-5-3-1-2-4-9-25(17)20/h6-7,11,16,21H,1-5,8-10,12H2/t16-/m0/s1. The van der Waals surface area contributed by atoms with Crippen LogP contribution >= 0.6 is 0 Å². The monoisotopic (exact) mass is 381 g/mol. The first kappa shape index (κ1) is 17.5. The minimum Gasteiger partial charge on any atom is -0.378 e. The van der Waals surface area contributed by atoms with Gasteiger partial charge in [-0.15, -0.1) is 0 Å². The summed E-state index contributed by atoms with van der Waals surface area (Å²) in [6.45, 7) is 2.74. The summed E-state index contributed by atoms with van der Waals surface area (Å²) in [5, 5.41) is 8.04. The quantitative estimate of drug-likeness (QED) is 0.727. The molecule has 0 spiro atoms. The number of nitrogens with zero attached hydrogens (tertiary/aromatic N) is 4. The summed E-state index contributed by atoms with van der Waals surface area (Å²) in [4.78, 5) is 22.3. The summed E-state index contributed by atoms with van der Waals surface area (Å²) >= 11 is 0. The first-order valence-electron chi connectivity index (χ1n) is 9.98. The number of nitrogens with one attached hydrogen (secondary N) is 1. The van der Waals surface area contributed by atoms with Crippen LogP contribution < -0.4 is 10.9 Å². The van der Waals surface area contributed by atoms with Crippen molar-refractivity contribution in [2.75, 3.05) is 19.8 Å². The number of fused-ring (bicyclic) bond motifs is 2. The molecular formula is C20H23N5O3. The molecule has 1 atom stereocenters. The highest BCUT2D eigenvalue weighted by Gasteiger charge is 2.22. The summed E-state index contributed by atoms with van der Waals surface area (Å²) in [6.07, 6.45) is 5.30. The molecular weight excluding hydrogens is 358 g/mol. The fourth-order valence-corrected chi connectivity index (χ4v) is 3.95. The Kier molecular flexibility index (Phi) is 4.66. The van der Waals surface area contributed by atoms with E-state index in [1.807, 2.05) is 22.8 Å². The molecule has 0 aliphatic carbocycles. The molecule has 2 aliphatic rings. The molecule has 0 radical (unpaired) electrons. The molecule has 2 aromatic heterocycles. The molecule has 4 heterocycles. The van der Waals surface area contributed by atoms with E-state index in [-0.39, 0.29) is 11.6 Å². The van der Waals surface area contributed by atoms with Gasteiger partial charge in [-0.05, 0) is 31.0 Å². The van der Waals surface area contributed by atoms with Crippen LogP contribution in [0.5, 0.6) is 0 Å². The normalized spacial score (nSPS) is 20.5. The van der Waals surface area contributed by atoms with Gasteiger partial charge in [0.15, 0.2) is 5.82 Å². The highest BCUT2D eigenvalue weighted by molar-refractivity contribution is 5.82. The lowest BCUT2D eigenvalue weighted by atomic mass is 10.1. The average Bonchev–Trinajstić information content (AvgIpc) is 3.20. The van der Waals surface area contributed by atoms with E-state index in [2.05, 4.69) is 15.5 Å². The summed E-state index contributed by atoms with van der Waals surface area (Å²) in [5.74, 6) is 1.89. The first-order valence-corrected chi connectivity index (χ1v) is 9.98. The molecule has 1 fully saturated rings. The van der Waals surface area contributed by atoms with Gasteiger partial charge >= 0.3 is 0 Å². The number of aromatic nitrogens is 4. The Morgan fingerprint density at radius 2 is 2.07 bits per heavy atom. The maximum Gasteiger partial charge on any atom is 0.261 e. The number of ether oxygens (including phenoxy) is 1. The Morgan fingerprint density at radius 1 is 1.14 bits per heavy atom. The van der Waals surface area contributed by atoms with Crippen molar-refractivity contribution in [2.45, 2.75) is 44.7 Å². The second kappa shape index (κ2) is 7.44. The number of hydrogen-bond donors (Lipinski definition) is 1. The van der Waals surface area contributed by atoms with Crippen molar-refractivity contribution in [1.29, 1.82) is 0 Å².